The van der Waals surface area contributed by atoms with Gasteiger partial charge < -0.3 is 15.0 Å². The predicted molar refractivity (Wildman–Crippen MR) is 107 cm³/mol. The Bertz CT molecular complexity index is 755. The number of carbonyl (C=O) groups is 2. The van der Waals surface area contributed by atoms with Gasteiger partial charge in [-0.05, 0) is 25.2 Å². The minimum Gasteiger partial charge on any atom is -0.365 e. The number of nitrogens with zero attached hydrogens (tertiary/aromatic N) is 4. The lowest BCUT2D eigenvalue weighted by atomic mass is 9.86. The first-order chi connectivity index (χ1) is 14.0. The molecule has 1 N–H and O–H groups in total. The lowest BCUT2D eigenvalue weighted by Gasteiger charge is -2.34. The molecule has 0 radical (unpaired) electrons. The van der Waals surface area contributed by atoms with E-state index in [9.17, 15) is 9.59 Å². The zero-order chi connectivity index (χ0) is 20.4. The third kappa shape index (κ3) is 4.47. The van der Waals surface area contributed by atoms with E-state index in [2.05, 4.69) is 15.6 Å². The van der Waals surface area contributed by atoms with E-state index in [1.807, 2.05) is 23.4 Å². The molecule has 4 rings (SSSR count). The van der Waals surface area contributed by atoms with Gasteiger partial charge in [-0.2, -0.15) is 0 Å². The molecule has 3 heterocycles. The van der Waals surface area contributed by atoms with Crippen LogP contribution in [-0.2, 0) is 34.0 Å². The quantitative estimate of drug-likeness (QED) is 0.812. The van der Waals surface area contributed by atoms with Crippen LogP contribution in [0.2, 0.25) is 0 Å². The molecule has 1 saturated carbocycles. The van der Waals surface area contributed by atoms with Crippen LogP contribution < -0.4 is 5.32 Å². The summed E-state index contributed by atoms with van der Waals surface area (Å²) >= 11 is 0. The maximum absolute atomic E-state index is 12.8. The van der Waals surface area contributed by atoms with Crippen molar-refractivity contribution < 1.29 is 14.3 Å². The molecule has 0 aromatic carbocycles. The first kappa shape index (κ1) is 20.3. The molecule has 29 heavy (non-hydrogen) atoms. The number of hydrogen-bond acceptors (Lipinski definition) is 5. The molecule has 160 valence electrons. The smallest absolute Gasteiger partial charge is 0.222 e. The summed E-state index contributed by atoms with van der Waals surface area (Å²) in [6, 6.07) is 0. The van der Waals surface area contributed by atoms with Crippen LogP contribution in [0.5, 0.6) is 0 Å². The van der Waals surface area contributed by atoms with Gasteiger partial charge in [0.1, 0.15) is 11.3 Å². The number of amides is 2. The maximum atomic E-state index is 12.8. The van der Waals surface area contributed by atoms with Gasteiger partial charge in [0.05, 0.1) is 31.9 Å². The molecule has 8 nitrogen and oxygen atoms in total. The number of carbonyl (C=O) groups excluding carboxylic acids is 2. The number of ether oxygens (including phenoxy) is 1. The zero-order valence-corrected chi connectivity index (χ0v) is 17.7. The normalized spacial score (nSPS) is 24.9. The van der Waals surface area contributed by atoms with E-state index in [0.717, 1.165) is 24.4 Å². The molecule has 1 unspecified atom stereocenters. The molecule has 1 spiro atoms. The Kier molecular flexibility index (Phi) is 5.90. The molecule has 0 bridgehead atoms. The van der Waals surface area contributed by atoms with Crippen molar-refractivity contribution in [2.24, 2.45) is 11.8 Å². The van der Waals surface area contributed by atoms with Gasteiger partial charge in [0.2, 0.25) is 11.8 Å². The Morgan fingerprint density at radius 1 is 1.24 bits per heavy atom. The van der Waals surface area contributed by atoms with Crippen LogP contribution in [0.1, 0.15) is 70.2 Å². The van der Waals surface area contributed by atoms with E-state index in [1.54, 1.807) is 0 Å². The average molecular weight is 404 g/mol. The summed E-state index contributed by atoms with van der Waals surface area (Å²) < 4.78 is 8.17. The van der Waals surface area contributed by atoms with Gasteiger partial charge in [0.25, 0.3) is 0 Å². The fourth-order valence-corrected chi connectivity index (χ4v) is 4.78. The van der Waals surface area contributed by atoms with Gasteiger partial charge in [-0.15, -0.1) is 5.10 Å². The second kappa shape index (κ2) is 8.42. The van der Waals surface area contributed by atoms with E-state index >= 15 is 0 Å². The summed E-state index contributed by atoms with van der Waals surface area (Å²) in [5, 5.41) is 11.4. The van der Waals surface area contributed by atoms with Crippen LogP contribution in [0, 0.1) is 11.8 Å². The van der Waals surface area contributed by atoms with Gasteiger partial charge in [0.15, 0.2) is 0 Å². The van der Waals surface area contributed by atoms with Crippen molar-refractivity contribution in [1.29, 1.82) is 0 Å². The highest BCUT2D eigenvalue weighted by Gasteiger charge is 2.45. The minimum absolute atomic E-state index is 0.00265. The number of likely N-dealkylation sites (tertiary alicyclic amines) is 1. The van der Waals surface area contributed by atoms with Crippen molar-refractivity contribution in [3.63, 3.8) is 0 Å². The molecular weight excluding hydrogens is 370 g/mol. The molecule has 1 aliphatic carbocycles. The molecular formula is C21H33N5O3. The van der Waals surface area contributed by atoms with Crippen LogP contribution >= 0.6 is 0 Å². The summed E-state index contributed by atoms with van der Waals surface area (Å²) in [7, 11) is 0. The first-order valence-corrected chi connectivity index (χ1v) is 11.1. The fraction of sp³-hybridized carbons (Fsp3) is 0.810. The van der Waals surface area contributed by atoms with Crippen molar-refractivity contribution in [2.75, 3.05) is 13.1 Å². The van der Waals surface area contributed by atoms with Gasteiger partial charge in [0, 0.05) is 18.9 Å². The Labute approximate surface area is 172 Å². The molecule has 1 atom stereocenters. The van der Waals surface area contributed by atoms with E-state index < -0.39 is 0 Å². The van der Waals surface area contributed by atoms with Crippen molar-refractivity contribution in [3.8, 4) is 0 Å². The van der Waals surface area contributed by atoms with Gasteiger partial charge >= 0.3 is 0 Å². The second-order valence-corrected chi connectivity index (χ2v) is 9.26. The van der Waals surface area contributed by atoms with E-state index in [0.29, 0.717) is 38.6 Å². The summed E-state index contributed by atoms with van der Waals surface area (Å²) in [5.74, 6) is 0.781. The number of nitrogens with one attached hydrogen (secondary N) is 1. The summed E-state index contributed by atoms with van der Waals surface area (Å²) in [4.78, 5) is 26.6. The summed E-state index contributed by atoms with van der Waals surface area (Å²) in [6.45, 7) is 6.53. The van der Waals surface area contributed by atoms with Gasteiger partial charge in [-0.3, -0.25) is 9.59 Å². The number of aromatic nitrogens is 3. The van der Waals surface area contributed by atoms with Gasteiger partial charge in [-0.1, -0.05) is 38.3 Å². The standard InChI is InChI=1S/C21H33N5O3/c1-15(2)20(28)22-11-17-18-12-29-21(14-26(18)24-23-17)8-9-25(13-21)19(27)10-16-6-4-3-5-7-16/h15-16H,3-14H2,1-2H3,(H,22,28). The Hall–Kier alpha value is -1.96. The SMILES string of the molecule is CC(C)C(=O)NCc1nnn2c1COC1(CCN(C(=O)CC3CCCCC3)C1)C2. The van der Waals surface area contributed by atoms with Gasteiger partial charge in [-0.25, -0.2) is 4.68 Å². The lowest BCUT2D eigenvalue weighted by molar-refractivity contribution is -0.134. The number of hydrogen-bond donors (Lipinski definition) is 1. The lowest BCUT2D eigenvalue weighted by Crippen LogP contribution is -2.45. The Morgan fingerprint density at radius 2 is 2.03 bits per heavy atom. The maximum Gasteiger partial charge on any atom is 0.222 e. The van der Waals surface area contributed by atoms with Crippen LogP contribution in [0.3, 0.4) is 0 Å². The topological polar surface area (TPSA) is 89.3 Å². The van der Waals surface area contributed by atoms with Crippen LogP contribution in [-0.4, -0.2) is 50.4 Å². The molecule has 1 saturated heterocycles. The number of fused-ring (bicyclic) bond motifs is 1. The van der Waals surface area contributed by atoms with Crippen molar-refractivity contribution in [3.05, 3.63) is 11.4 Å². The molecule has 3 aliphatic rings. The van der Waals surface area contributed by atoms with Crippen LogP contribution in [0.4, 0.5) is 0 Å². The molecule has 8 heteroatoms. The highest BCUT2D eigenvalue weighted by molar-refractivity contribution is 5.77. The summed E-state index contributed by atoms with van der Waals surface area (Å²) in [5.41, 5.74) is 1.32. The minimum atomic E-state index is -0.360. The second-order valence-electron chi connectivity index (χ2n) is 9.26. The molecule has 2 amide bonds. The number of rotatable bonds is 5. The van der Waals surface area contributed by atoms with E-state index in [1.165, 1.54) is 32.1 Å². The van der Waals surface area contributed by atoms with Crippen molar-refractivity contribution in [1.82, 2.24) is 25.2 Å². The largest absolute Gasteiger partial charge is 0.365 e. The third-order valence-corrected chi connectivity index (χ3v) is 6.68. The average Bonchev–Trinajstić information content (AvgIpc) is 3.31. The third-order valence-electron chi connectivity index (χ3n) is 6.68. The Balaban J connectivity index is 1.34. The highest BCUT2D eigenvalue weighted by atomic mass is 16.5. The molecule has 1 aromatic rings. The zero-order valence-electron chi connectivity index (χ0n) is 17.7. The van der Waals surface area contributed by atoms with Crippen molar-refractivity contribution >= 4 is 11.8 Å². The van der Waals surface area contributed by atoms with Crippen molar-refractivity contribution in [2.45, 2.75) is 84.1 Å². The first-order valence-electron chi connectivity index (χ1n) is 11.1. The molecule has 1 aromatic heterocycles. The monoisotopic (exact) mass is 403 g/mol. The molecule has 2 fully saturated rings. The fourth-order valence-electron chi connectivity index (χ4n) is 4.78. The summed E-state index contributed by atoms with van der Waals surface area (Å²) in [6.07, 6.45) is 7.75. The Morgan fingerprint density at radius 3 is 2.79 bits per heavy atom. The predicted octanol–water partition coefficient (Wildman–Crippen LogP) is 2.02. The molecule has 2 aliphatic heterocycles. The van der Waals surface area contributed by atoms with E-state index in [4.69, 9.17) is 4.74 Å². The van der Waals surface area contributed by atoms with E-state index in [-0.39, 0.29) is 23.3 Å². The van der Waals surface area contributed by atoms with Crippen LogP contribution in [0.15, 0.2) is 0 Å². The highest BCUT2D eigenvalue weighted by Crippen LogP contribution is 2.34. The van der Waals surface area contributed by atoms with Crippen LogP contribution in [0.25, 0.3) is 0 Å².